The summed E-state index contributed by atoms with van der Waals surface area (Å²) in [5.41, 5.74) is 6.58. The maximum Gasteiger partial charge on any atom is 0.0750 e. The number of nitrogens with zero attached hydrogens (tertiary/aromatic N) is 2. The number of nitrogens with two attached hydrogens (primary N) is 1. The second-order valence-corrected chi connectivity index (χ2v) is 2.65. The lowest BCUT2D eigenvalue weighted by molar-refractivity contribution is 0.696. The van der Waals surface area contributed by atoms with E-state index in [0.29, 0.717) is 12.6 Å². The molecule has 0 bridgehead atoms. The molecule has 4 heteroatoms. The molecule has 3 N–H and O–H groups in total. The largest absolute Gasteiger partial charge is 0.368 e. The lowest BCUT2D eigenvalue weighted by atomic mass is 10.3. The molecule has 1 aromatic heterocycles. The van der Waals surface area contributed by atoms with Gasteiger partial charge in [-0.1, -0.05) is 0 Å². The number of anilines is 1. The third-order valence-corrected chi connectivity index (χ3v) is 1.89. The van der Waals surface area contributed by atoms with Crippen molar-refractivity contribution in [1.82, 2.24) is 10.2 Å². The minimum atomic E-state index is 0.354. The van der Waals surface area contributed by atoms with Crippen LogP contribution in [0.4, 0.5) is 5.69 Å². The number of aromatic amines is 1. The van der Waals surface area contributed by atoms with Crippen molar-refractivity contribution in [3.05, 3.63) is 12.4 Å². The van der Waals surface area contributed by atoms with Gasteiger partial charge in [0.05, 0.1) is 11.9 Å². The summed E-state index contributed by atoms with van der Waals surface area (Å²) < 4.78 is 0. The molecule has 4 nitrogen and oxygen atoms in total. The smallest absolute Gasteiger partial charge is 0.0750 e. The molecule has 1 rings (SSSR count). The first-order valence-electron chi connectivity index (χ1n) is 3.67. The van der Waals surface area contributed by atoms with Crippen LogP contribution in [0.25, 0.3) is 0 Å². The first-order chi connectivity index (χ1) is 5.25. The average molecular weight is 154 g/mol. The fourth-order valence-electron chi connectivity index (χ4n) is 0.850. The van der Waals surface area contributed by atoms with Gasteiger partial charge in [0.15, 0.2) is 0 Å². The van der Waals surface area contributed by atoms with E-state index in [1.807, 2.05) is 13.2 Å². The summed E-state index contributed by atoms with van der Waals surface area (Å²) >= 11 is 0. The van der Waals surface area contributed by atoms with Crippen LogP contribution in [0.3, 0.4) is 0 Å². The number of rotatable bonds is 3. The Bertz CT molecular complexity index is 194. The minimum Gasteiger partial charge on any atom is -0.368 e. The van der Waals surface area contributed by atoms with Gasteiger partial charge in [-0.3, -0.25) is 5.10 Å². The molecule has 1 atom stereocenters. The minimum absolute atomic E-state index is 0.354. The molecular weight excluding hydrogens is 140 g/mol. The Kier molecular flexibility index (Phi) is 2.48. The predicted octanol–water partition coefficient (Wildman–Crippen LogP) is 0.193. The molecule has 1 unspecified atom stereocenters. The van der Waals surface area contributed by atoms with Gasteiger partial charge in [0.2, 0.25) is 0 Å². The number of likely N-dealkylation sites (N-methyl/N-ethyl adjacent to an activating group) is 1. The normalized spacial score (nSPS) is 13.0. The molecule has 1 aromatic rings. The summed E-state index contributed by atoms with van der Waals surface area (Å²) in [6.07, 6.45) is 3.64. The molecule has 1 heterocycles. The standard InChI is InChI=1S/C7H14N4/c1-6(3-8)11(2)7-4-9-10-5-7/h4-6H,3,8H2,1-2H3,(H,9,10). The second kappa shape index (κ2) is 3.39. The molecule has 0 radical (unpaired) electrons. The highest BCUT2D eigenvalue weighted by Crippen LogP contribution is 2.10. The van der Waals surface area contributed by atoms with E-state index in [-0.39, 0.29) is 0 Å². The van der Waals surface area contributed by atoms with Gasteiger partial charge >= 0.3 is 0 Å². The molecular formula is C7H14N4. The molecule has 11 heavy (non-hydrogen) atoms. The number of hydrogen-bond acceptors (Lipinski definition) is 3. The average Bonchev–Trinajstić information content (AvgIpc) is 2.53. The molecule has 62 valence electrons. The van der Waals surface area contributed by atoms with Crippen LogP contribution in [0.2, 0.25) is 0 Å². The van der Waals surface area contributed by atoms with Gasteiger partial charge in [-0.15, -0.1) is 0 Å². The van der Waals surface area contributed by atoms with Crippen LogP contribution in [-0.2, 0) is 0 Å². The summed E-state index contributed by atoms with van der Waals surface area (Å²) in [6, 6.07) is 0.354. The lowest BCUT2D eigenvalue weighted by Gasteiger charge is -2.23. The Hall–Kier alpha value is -1.03. The van der Waals surface area contributed by atoms with Gasteiger partial charge in [0, 0.05) is 25.8 Å². The molecule has 0 aliphatic rings. The molecule has 0 spiro atoms. The van der Waals surface area contributed by atoms with E-state index < -0.39 is 0 Å². The van der Waals surface area contributed by atoms with E-state index in [4.69, 9.17) is 5.73 Å². The highest BCUT2D eigenvalue weighted by Gasteiger charge is 2.07. The fourth-order valence-corrected chi connectivity index (χ4v) is 0.850. The maximum atomic E-state index is 5.51. The van der Waals surface area contributed by atoms with Crippen LogP contribution in [-0.4, -0.2) is 29.8 Å². The molecule has 0 aliphatic carbocycles. The topological polar surface area (TPSA) is 57.9 Å². The monoisotopic (exact) mass is 154 g/mol. The summed E-state index contributed by atoms with van der Waals surface area (Å²) in [6.45, 7) is 2.73. The van der Waals surface area contributed by atoms with Crippen LogP contribution < -0.4 is 10.6 Å². The predicted molar refractivity (Wildman–Crippen MR) is 45.5 cm³/mol. The molecule has 0 aromatic carbocycles. The summed E-state index contributed by atoms with van der Waals surface area (Å²) in [4.78, 5) is 2.09. The van der Waals surface area contributed by atoms with Gasteiger partial charge in [0.1, 0.15) is 0 Å². The van der Waals surface area contributed by atoms with Crippen LogP contribution in [0.1, 0.15) is 6.92 Å². The molecule has 0 saturated heterocycles. The first kappa shape index (κ1) is 8.07. The Morgan fingerprint density at radius 2 is 2.55 bits per heavy atom. The Morgan fingerprint density at radius 3 is 3.00 bits per heavy atom. The van der Waals surface area contributed by atoms with Crippen LogP contribution in [0.15, 0.2) is 12.4 Å². The number of H-pyrrole nitrogens is 1. The quantitative estimate of drug-likeness (QED) is 0.653. The van der Waals surface area contributed by atoms with Crippen molar-refractivity contribution in [1.29, 1.82) is 0 Å². The van der Waals surface area contributed by atoms with Crippen molar-refractivity contribution in [2.24, 2.45) is 5.73 Å². The zero-order chi connectivity index (χ0) is 8.27. The summed E-state index contributed by atoms with van der Waals surface area (Å²) in [7, 11) is 2.00. The fraction of sp³-hybridized carbons (Fsp3) is 0.571. The van der Waals surface area contributed by atoms with E-state index in [1.54, 1.807) is 6.20 Å². The third-order valence-electron chi connectivity index (χ3n) is 1.89. The molecule has 0 saturated carbocycles. The highest BCUT2D eigenvalue weighted by atomic mass is 15.2. The zero-order valence-corrected chi connectivity index (χ0v) is 6.91. The maximum absolute atomic E-state index is 5.51. The molecule has 0 fully saturated rings. The third kappa shape index (κ3) is 1.71. The molecule has 0 amide bonds. The Labute approximate surface area is 66.4 Å². The Morgan fingerprint density at radius 1 is 1.82 bits per heavy atom. The number of nitrogens with one attached hydrogen (secondary N) is 1. The van der Waals surface area contributed by atoms with Crippen LogP contribution in [0, 0.1) is 0 Å². The lowest BCUT2D eigenvalue weighted by Crippen LogP contribution is -2.34. The van der Waals surface area contributed by atoms with Crippen LogP contribution >= 0.6 is 0 Å². The van der Waals surface area contributed by atoms with E-state index in [1.165, 1.54) is 0 Å². The Balaban J connectivity index is 2.62. The van der Waals surface area contributed by atoms with E-state index in [9.17, 15) is 0 Å². The highest BCUT2D eigenvalue weighted by molar-refractivity contribution is 5.41. The van der Waals surface area contributed by atoms with Gasteiger partial charge in [-0.05, 0) is 6.92 Å². The van der Waals surface area contributed by atoms with Crippen molar-refractivity contribution < 1.29 is 0 Å². The van der Waals surface area contributed by atoms with E-state index >= 15 is 0 Å². The van der Waals surface area contributed by atoms with Crippen molar-refractivity contribution in [2.45, 2.75) is 13.0 Å². The molecule has 0 aliphatic heterocycles. The first-order valence-corrected chi connectivity index (χ1v) is 3.67. The van der Waals surface area contributed by atoms with Crippen molar-refractivity contribution in [3.63, 3.8) is 0 Å². The van der Waals surface area contributed by atoms with Gasteiger partial charge in [0.25, 0.3) is 0 Å². The van der Waals surface area contributed by atoms with Crippen molar-refractivity contribution >= 4 is 5.69 Å². The number of aromatic nitrogens is 2. The summed E-state index contributed by atoms with van der Waals surface area (Å²) in [5, 5.41) is 6.61. The van der Waals surface area contributed by atoms with E-state index in [2.05, 4.69) is 22.0 Å². The summed E-state index contributed by atoms with van der Waals surface area (Å²) in [5.74, 6) is 0. The van der Waals surface area contributed by atoms with Gasteiger partial charge in [-0.25, -0.2) is 0 Å². The van der Waals surface area contributed by atoms with Crippen molar-refractivity contribution in [3.8, 4) is 0 Å². The second-order valence-electron chi connectivity index (χ2n) is 2.65. The van der Waals surface area contributed by atoms with Gasteiger partial charge < -0.3 is 10.6 Å². The zero-order valence-electron chi connectivity index (χ0n) is 6.91. The van der Waals surface area contributed by atoms with Gasteiger partial charge in [-0.2, -0.15) is 5.10 Å². The van der Waals surface area contributed by atoms with E-state index in [0.717, 1.165) is 5.69 Å². The van der Waals surface area contributed by atoms with Crippen molar-refractivity contribution in [2.75, 3.05) is 18.5 Å². The SMILES string of the molecule is CC(CN)N(C)c1cn[nH]c1. The van der Waals surface area contributed by atoms with Crippen LogP contribution in [0.5, 0.6) is 0 Å². The number of hydrogen-bond donors (Lipinski definition) is 2.